The molecule has 7 heteroatoms. The Morgan fingerprint density at radius 3 is 2.87 bits per heavy atom. The summed E-state index contributed by atoms with van der Waals surface area (Å²) in [6.07, 6.45) is 4.52. The summed E-state index contributed by atoms with van der Waals surface area (Å²) in [5.74, 6) is 0.116. The second-order valence-electron chi connectivity index (χ2n) is 5.91. The van der Waals surface area contributed by atoms with E-state index in [1.165, 1.54) is 6.42 Å². The van der Waals surface area contributed by atoms with Crippen molar-refractivity contribution in [3.8, 4) is 0 Å². The fourth-order valence-electron chi connectivity index (χ4n) is 2.94. The molecule has 2 aromatic rings. The summed E-state index contributed by atoms with van der Waals surface area (Å²) in [5.41, 5.74) is 2.58. The van der Waals surface area contributed by atoms with Crippen LogP contribution in [0.25, 0.3) is 11.0 Å². The molecule has 3 rings (SSSR count). The van der Waals surface area contributed by atoms with Gasteiger partial charge in [0.25, 0.3) is 0 Å². The van der Waals surface area contributed by atoms with Crippen molar-refractivity contribution in [2.75, 3.05) is 13.1 Å². The number of fused-ring (bicyclic) bond motifs is 1. The van der Waals surface area contributed by atoms with Crippen LogP contribution < -0.4 is 16.3 Å². The molecule has 1 aromatic carbocycles. The van der Waals surface area contributed by atoms with Crippen molar-refractivity contribution in [1.29, 1.82) is 0 Å². The molecule has 4 N–H and O–H groups in total. The van der Waals surface area contributed by atoms with Gasteiger partial charge in [0.1, 0.15) is 0 Å². The molecule has 1 saturated heterocycles. The Bertz CT molecular complexity index is 703. The Hall–Kier alpha value is -1.79. The van der Waals surface area contributed by atoms with Crippen LogP contribution in [-0.2, 0) is 11.2 Å². The van der Waals surface area contributed by atoms with Crippen molar-refractivity contribution in [2.45, 2.75) is 38.1 Å². The highest BCUT2D eigenvalue weighted by molar-refractivity contribution is 5.85. The number of carbonyl (C=O) groups is 1. The predicted octanol–water partition coefficient (Wildman–Crippen LogP) is 1.47. The zero-order chi connectivity index (χ0) is 15.4. The van der Waals surface area contributed by atoms with Crippen molar-refractivity contribution < 1.29 is 4.79 Å². The maximum absolute atomic E-state index is 11.8. The molecule has 0 bridgehead atoms. The fourth-order valence-corrected chi connectivity index (χ4v) is 2.94. The fraction of sp³-hybridized carbons (Fsp3) is 0.500. The normalized spacial score (nSPS) is 17.1. The molecule has 6 nitrogen and oxygen atoms in total. The quantitative estimate of drug-likeness (QED) is 0.643. The van der Waals surface area contributed by atoms with E-state index in [1.807, 2.05) is 18.2 Å². The maximum Gasteiger partial charge on any atom is 0.323 e. The molecule has 1 aliphatic rings. The van der Waals surface area contributed by atoms with Crippen molar-refractivity contribution in [3.63, 3.8) is 0 Å². The number of carbonyl (C=O) groups excluding carboxylic acids is 1. The molecule has 0 saturated carbocycles. The number of H-pyrrole nitrogens is 2. The van der Waals surface area contributed by atoms with E-state index in [1.54, 1.807) is 0 Å². The van der Waals surface area contributed by atoms with Crippen LogP contribution in [0.5, 0.6) is 0 Å². The predicted molar refractivity (Wildman–Crippen MR) is 93.1 cm³/mol. The Morgan fingerprint density at radius 1 is 1.26 bits per heavy atom. The van der Waals surface area contributed by atoms with E-state index < -0.39 is 0 Å². The number of nitrogens with one attached hydrogen (secondary N) is 4. The second-order valence-corrected chi connectivity index (χ2v) is 5.91. The molecule has 0 spiro atoms. The maximum atomic E-state index is 11.8. The van der Waals surface area contributed by atoms with Crippen molar-refractivity contribution in [3.05, 3.63) is 34.2 Å². The summed E-state index contributed by atoms with van der Waals surface area (Å²) in [6.45, 7) is 1.79. The number of hydrogen-bond donors (Lipinski definition) is 4. The minimum absolute atomic E-state index is 0. The summed E-state index contributed by atoms with van der Waals surface area (Å²) in [7, 11) is 0. The van der Waals surface area contributed by atoms with Crippen LogP contribution in [0.1, 0.15) is 31.2 Å². The van der Waals surface area contributed by atoms with Crippen LogP contribution in [0, 0.1) is 0 Å². The highest BCUT2D eigenvalue weighted by atomic mass is 35.5. The lowest BCUT2D eigenvalue weighted by molar-refractivity contribution is -0.121. The standard InChI is InChI=1S/C16H22N4O2.ClH/c21-15(18-10-12-4-2-8-17-12)5-1-3-11-6-7-13-14(9-11)20-16(22)19-13;/h6-7,9,12,17H,1-5,8,10H2,(H,18,21)(H2,19,20,22);1H. The van der Waals surface area contributed by atoms with Crippen molar-refractivity contribution in [1.82, 2.24) is 20.6 Å². The summed E-state index contributed by atoms with van der Waals surface area (Å²) >= 11 is 0. The minimum atomic E-state index is -0.188. The van der Waals surface area contributed by atoms with Crippen LogP contribution in [0.2, 0.25) is 0 Å². The number of rotatable bonds is 6. The van der Waals surface area contributed by atoms with Gasteiger partial charge >= 0.3 is 5.69 Å². The van der Waals surface area contributed by atoms with Crippen molar-refractivity contribution in [2.24, 2.45) is 0 Å². The Balaban J connectivity index is 0.00000192. The van der Waals surface area contributed by atoms with Gasteiger partial charge in [-0.2, -0.15) is 0 Å². The minimum Gasteiger partial charge on any atom is -0.355 e. The molecule has 1 atom stereocenters. The lowest BCUT2D eigenvalue weighted by Crippen LogP contribution is -2.37. The average Bonchev–Trinajstić information content (AvgIpc) is 3.12. The third-order valence-electron chi connectivity index (χ3n) is 4.16. The number of aryl methyl sites for hydroxylation is 1. The molecule has 2 heterocycles. The SMILES string of the molecule is Cl.O=C(CCCc1ccc2[nH]c(=O)[nH]c2c1)NCC1CCCN1. The number of aromatic amines is 2. The third kappa shape index (κ3) is 4.84. The van der Waals surface area contributed by atoms with Crippen LogP contribution >= 0.6 is 12.4 Å². The van der Waals surface area contributed by atoms with Crippen LogP contribution in [0.3, 0.4) is 0 Å². The first kappa shape index (κ1) is 17.6. The van der Waals surface area contributed by atoms with E-state index in [-0.39, 0.29) is 24.0 Å². The van der Waals surface area contributed by atoms with E-state index in [0.29, 0.717) is 12.5 Å². The number of amides is 1. The Labute approximate surface area is 140 Å². The zero-order valence-electron chi connectivity index (χ0n) is 13.0. The topological polar surface area (TPSA) is 89.8 Å². The first-order valence-electron chi connectivity index (χ1n) is 7.92. The van der Waals surface area contributed by atoms with E-state index in [9.17, 15) is 9.59 Å². The van der Waals surface area contributed by atoms with Crippen LogP contribution in [0.4, 0.5) is 0 Å². The van der Waals surface area contributed by atoms with Gasteiger partial charge in [0.2, 0.25) is 5.91 Å². The van der Waals surface area contributed by atoms with Gasteiger partial charge in [-0.05, 0) is 49.9 Å². The molecule has 1 unspecified atom stereocenters. The van der Waals surface area contributed by atoms with Gasteiger partial charge in [0.15, 0.2) is 0 Å². The molecule has 1 amide bonds. The number of aromatic nitrogens is 2. The van der Waals surface area contributed by atoms with E-state index in [2.05, 4.69) is 20.6 Å². The first-order chi connectivity index (χ1) is 10.7. The molecular weight excluding hydrogens is 316 g/mol. The first-order valence-corrected chi connectivity index (χ1v) is 7.92. The van der Waals surface area contributed by atoms with Gasteiger partial charge in [-0.1, -0.05) is 6.07 Å². The monoisotopic (exact) mass is 338 g/mol. The molecule has 23 heavy (non-hydrogen) atoms. The lowest BCUT2D eigenvalue weighted by Gasteiger charge is -2.11. The molecule has 1 aromatic heterocycles. The Morgan fingerprint density at radius 2 is 2.09 bits per heavy atom. The molecule has 0 radical (unpaired) electrons. The van der Waals surface area contributed by atoms with E-state index >= 15 is 0 Å². The molecular formula is C16H23ClN4O2. The summed E-state index contributed by atoms with van der Waals surface area (Å²) < 4.78 is 0. The second kappa shape index (κ2) is 8.17. The lowest BCUT2D eigenvalue weighted by atomic mass is 10.1. The summed E-state index contributed by atoms with van der Waals surface area (Å²) in [4.78, 5) is 28.5. The largest absolute Gasteiger partial charge is 0.355 e. The zero-order valence-corrected chi connectivity index (χ0v) is 13.8. The van der Waals surface area contributed by atoms with Crippen LogP contribution in [-0.4, -0.2) is 35.0 Å². The molecule has 1 fully saturated rings. The number of benzene rings is 1. The highest BCUT2D eigenvalue weighted by Gasteiger charge is 2.14. The third-order valence-corrected chi connectivity index (χ3v) is 4.16. The van der Waals surface area contributed by atoms with Gasteiger partial charge in [0, 0.05) is 19.0 Å². The smallest absolute Gasteiger partial charge is 0.323 e. The van der Waals surface area contributed by atoms with E-state index in [4.69, 9.17) is 0 Å². The van der Waals surface area contributed by atoms with E-state index in [0.717, 1.165) is 48.9 Å². The van der Waals surface area contributed by atoms with Gasteiger partial charge in [0.05, 0.1) is 11.0 Å². The number of hydrogen-bond acceptors (Lipinski definition) is 3. The van der Waals surface area contributed by atoms with Gasteiger partial charge in [-0.3, -0.25) is 4.79 Å². The highest BCUT2D eigenvalue weighted by Crippen LogP contribution is 2.12. The van der Waals surface area contributed by atoms with Crippen LogP contribution in [0.15, 0.2) is 23.0 Å². The molecule has 1 aliphatic heterocycles. The van der Waals surface area contributed by atoms with Gasteiger partial charge < -0.3 is 20.6 Å². The molecule has 126 valence electrons. The summed E-state index contributed by atoms with van der Waals surface area (Å²) in [5, 5.41) is 6.36. The van der Waals surface area contributed by atoms with Crippen molar-refractivity contribution >= 4 is 29.3 Å². The summed E-state index contributed by atoms with van der Waals surface area (Å²) in [6, 6.07) is 6.30. The molecule has 0 aliphatic carbocycles. The number of halogens is 1. The Kier molecular flexibility index (Phi) is 6.24. The average molecular weight is 339 g/mol. The van der Waals surface area contributed by atoms with Gasteiger partial charge in [-0.25, -0.2) is 4.79 Å². The van der Waals surface area contributed by atoms with Gasteiger partial charge in [-0.15, -0.1) is 12.4 Å². The number of imidazole rings is 1.